The molecule has 0 bridgehead atoms. The van der Waals surface area contributed by atoms with Crippen LogP contribution in [0.4, 0.5) is 34.1 Å². The molecule has 1 atom stereocenters. The second kappa shape index (κ2) is 13.8. The Balaban J connectivity index is 1.12. The molecule has 0 N–H and O–H groups in total. The maximum atomic E-state index is 9.79. The van der Waals surface area contributed by atoms with Crippen molar-refractivity contribution >= 4 is 44.9 Å². The first kappa shape index (κ1) is 30.2. The highest BCUT2D eigenvalue weighted by Gasteiger charge is 2.52. The lowest BCUT2D eigenvalue weighted by Gasteiger charge is -2.33. The molecule has 1 unspecified atom stereocenters. The second-order valence-electron chi connectivity index (χ2n) is 17.5. The van der Waals surface area contributed by atoms with E-state index >= 15 is 0 Å². The molecule has 0 saturated carbocycles. The summed E-state index contributed by atoms with van der Waals surface area (Å²) in [5.74, 6) is 0. The standard InChI is InChI=1S/C62H44N2/c1-61(2)54-28-14-11-25-48(54)51-35-33-45(38-57(51)61)64(60-31-17-19-41-18-9-10-24-47(41)60)46-34-37-53-50-27-13-16-30-56(50)62(59(53)40-46)55-29-15-12-26-49(55)52-36-32-44(39-58(52)62)63(42-20-5-3-6-21-42)43-22-7-4-8-23-43/h3-40H,1-2H3/i9D,10D,17D,18D,19D,24D,31D. The minimum absolute atomic E-state index is 0.0201. The average molecular weight is 824 g/mol. The zero-order valence-electron chi connectivity index (χ0n) is 42.3. The van der Waals surface area contributed by atoms with Crippen molar-refractivity contribution in [3.8, 4) is 33.4 Å². The topological polar surface area (TPSA) is 6.48 Å². The predicted molar refractivity (Wildman–Crippen MR) is 267 cm³/mol. The minimum atomic E-state index is -0.822. The number of anilines is 6. The molecule has 10 aromatic rings. The van der Waals surface area contributed by atoms with E-state index in [0.717, 1.165) is 78.3 Å². The molecule has 0 heterocycles. The molecule has 1 spiro atoms. The summed E-state index contributed by atoms with van der Waals surface area (Å²) < 4.78 is 64.3. The average Bonchev–Trinajstić information content (AvgIpc) is 3.95. The van der Waals surface area contributed by atoms with Crippen LogP contribution in [-0.2, 0) is 10.8 Å². The number of hydrogen-bond donors (Lipinski definition) is 0. The summed E-state index contributed by atoms with van der Waals surface area (Å²) in [5.41, 5.74) is 16.5. The minimum Gasteiger partial charge on any atom is -0.310 e. The molecule has 2 heteroatoms. The van der Waals surface area contributed by atoms with Gasteiger partial charge in [-0.05, 0) is 139 Å². The summed E-state index contributed by atoms with van der Waals surface area (Å²) in [4.78, 5) is 4.20. The zero-order chi connectivity index (χ0) is 48.7. The Hall–Kier alpha value is -7.94. The van der Waals surface area contributed by atoms with Gasteiger partial charge in [0, 0.05) is 39.2 Å². The van der Waals surface area contributed by atoms with Crippen molar-refractivity contribution in [1.82, 2.24) is 0 Å². The highest BCUT2D eigenvalue weighted by Crippen LogP contribution is 2.64. The number of nitrogens with zero attached hydrogens (tertiary/aromatic N) is 2. The summed E-state index contributed by atoms with van der Waals surface area (Å²) in [5, 5.41) is -0.0739. The van der Waals surface area contributed by atoms with E-state index in [9.17, 15) is 4.11 Å². The van der Waals surface area contributed by atoms with E-state index in [1.54, 1.807) is 0 Å². The molecule has 3 aliphatic carbocycles. The van der Waals surface area contributed by atoms with Crippen LogP contribution in [0.3, 0.4) is 0 Å². The number of para-hydroxylation sites is 2. The van der Waals surface area contributed by atoms with Crippen LogP contribution in [0.15, 0.2) is 230 Å². The molecular formula is C62H44N2. The predicted octanol–water partition coefficient (Wildman–Crippen LogP) is 16.4. The fourth-order valence-corrected chi connectivity index (χ4v) is 11.2. The van der Waals surface area contributed by atoms with E-state index < -0.39 is 41.0 Å². The third-order valence-electron chi connectivity index (χ3n) is 13.9. The van der Waals surface area contributed by atoms with Crippen LogP contribution in [0.5, 0.6) is 0 Å². The third-order valence-corrected chi connectivity index (χ3v) is 13.9. The summed E-state index contributed by atoms with van der Waals surface area (Å²) in [6.07, 6.45) is 0. The Morgan fingerprint density at radius 1 is 0.344 bits per heavy atom. The lowest BCUT2D eigenvalue weighted by Crippen LogP contribution is -2.26. The van der Waals surface area contributed by atoms with Crippen LogP contribution in [0.2, 0.25) is 0 Å². The monoisotopic (exact) mass is 823 g/mol. The smallest absolute Gasteiger partial charge is 0.0727 e. The molecule has 0 amide bonds. The van der Waals surface area contributed by atoms with Gasteiger partial charge in [-0.2, -0.15) is 0 Å². The van der Waals surface area contributed by atoms with Gasteiger partial charge >= 0.3 is 0 Å². The lowest BCUT2D eigenvalue weighted by atomic mass is 9.70. The highest BCUT2D eigenvalue weighted by atomic mass is 15.1. The molecule has 3 aliphatic rings. The van der Waals surface area contributed by atoms with E-state index in [4.69, 9.17) is 5.48 Å². The Bertz CT molecular complexity index is 3850. The first-order chi connectivity index (χ1) is 34.4. The molecular weight excluding hydrogens is 773 g/mol. The van der Waals surface area contributed by atoms with E-state index in [1.165, 1.54) is 5.56 Å². The molecule has 13 rings (SSSR count). The SMILES string of the molecule is [2H]c1c([2H])c([2H])c2c(N(c3ccc4c(c3)C(C)(C)c3ccccc3-4)c3ccc4c(c3)C3(c5ccccc5-c5ccc(N(c6ccccc6)c6ccccc6)cc53)c3ccccc3-4)c([2H])c([2H])c([2H])c2c1[2H]. The van der Waals surface area contributed by atoms with E-state index in [-0.39, 0.29) is 28.5 Å². The van der Waals surface area contributed by atoms with E-state index in [0.29, 0.717) is 11.4 Å². The summed E-state index contributed by atoms with van der Waals surface area (Å²) in [6.45, 7) is 4.42. The Labute approximate surface area is 384 Å². The van der Waals surface area contributed by atoms with Gasteiger partial charge in [0.05, 0.1) is 20.7 Å². The van der Waals surface area contributed by atoms with Crippen LogP contribution < -0.4 is 9.80 Å². The fraction of sp³-hybridized carbons (Fsp3) is 0.0645. The van der Waals surface area contributed by atoms with Gasteiger partial charge in [-0.1, -0.05) is 177 Å². The highest BCUT2D eigenvalue weighted by molar-refractivity contribution is 6.01. The quantitative estimate of drug-likeness (QED) is 0.165. The van der Waals surface area contributed by atoms with Crippen LogP contribution in [-0.4, -0.2) is 0 Å². The molecule has 0 fully saturated rings. The van der Waals surface area contributed by atoms with Crippen molar-refractivity contribution in [2.45, 2.75) is 24.7 Å². The molecule has 0 aromatic heterocycles. The third kappa shape index (κ3) is 5.08. The molecule has 64 heavy (non-hydrogen) atoms. The Morgan fingerprint density at radius 2 is 0.766 bits per heavy atom. The van der Waals surface area contributed by atoms with E-state index in [2.05, 4.69) is 183 Å². The first-order valence-corrected chi connectivity index (χ1v) is 21.9. The van der Waals surface area contributed by atoms with Crippen molar-refractivity contribution in [3.63, 3.8) is 0 Å². The summed E-state index contributed by atoms with van der Waals surface area (Å²) in [6, 6.07) is 63.1. The maximum absolute atomic E-state index is 9.79. The maximum Gasteiger partial charge on any atom is 0.0727 e. The van der Waals surface area contributed by atoms with Gasteiger partial charge in [-0.3, -0.25) is 0 Å². The first-order valence-electron chi connectivity index (χ1n) is 25.4. The number of hydrogen-bond acceptors (Lipinski definition) is 2. The molecule has 2 nitrogen and oxygen atoms in total. The molecule has 0 saturated heterocycles. The molecule has 302 valence electrons. The van der Waals surface area contributed by atoms with Gasteiger partial charge in [0.1, 0.15) is 0 Å². The van der Waals surface area contributed by atoms with Gasteiger partial charge in [0.15, 0.2) is 0 Å². The Morgan fingerprint density at radius 3 is 1.34 bits per heavy atom. The largest absolute Gasteiger partial charge is 0.310 e. The fourth-order valence-electron chi connectivity index (χ4n) is 11.2. The normalized spacial score (nSPS) is 17.1. The van der Waals surface area contributed by atoms with E-state index in [1.807, 2.05) is 29.2 Å². The van der Waals surface area contributed by atoms with Crippen molar-refractivity contribution < 1.29 is 9.60 Å². The molecule has 0 aliphatic heterocycles. The summed E-state index contributed by atoms with van der Waals surface area (Å²) >= 11 is 0. The number of benzene rings is 10. The van der Waals surface area contributed by atoms with Gasteiger partial charge in [-0.15, -0.1) is 0 Å². The zero-order valence-corrected chi connectivity index (χ0v) is 35.3. The van der Waals surface area contributed by atoms with Gasteiger partial charge in [0.2, 0.25) is 0 Å². The van der Waals surface area contributed by atoms with Crippen LogP contribution in [0.25, 0.3) is 44.2 Å². The number of fused-ring (bicyclic) bond motifs is 14. The van der Waals surface area contributed by atoms with Gasteiger partial charge < -0.3 is 9.80 Å². The van der Waals surface area contributed by atoms with Crippen LogP contribution in [0.1, 0.15) is 56.8 Å². The van der Waals surface area contributed by atoms with Crippen LogP contribution in [0, 0.1) is 0 Å². The van der Waals surface area contributed by atoms with Gasteiger partial charge in [0.25, 0.3) is 0 Å². The molecule has 10 aromatic carbocycles. The number of rotatable bonds is 6. The van der Waals surface area contributed by atoms with Crippen molar-refractivity contribution in [2.24, 2.45) is 0 Å². The molecule has 0 radical (unpaired) electrons. The lowest BCUT2D eigenvalue weighted by molar-refractivity contribution is 0.660. The Kier molecular flexibility index (Phi) is 6.50. The van der Waals surface area contributed by atoms with Crippen LogP contribution >= 0.6 is 0 Å². The van der Waals surface area contributed by atoms with Crippen molar-refractivity contribution in [3.05, 3.63) is 264 Å². The van der Waals surface area contributed by atoms with Gasteiger partial charge in [-0.25, -0.2) is 0 Å². The second-order valence-corrected chi connectivity index (χ2v) is 17.5. The van der Waals surface area contributed by atoms with Crippen molar-refractivity contribution in [1.29, 1.82) is 0 Å². The summed E-state index contributed by atoms with van der Waals surface area (Å²) in [7, 11) is 0. The van der Waals surface area contributed by atoms with Crippen molar-refractivity contribution in [2.75, 3.05) is 9.80 Å².